The topological polar surface area (TPSA) is 46.3 Å². The Morgan fingerprint density at radius 3 is 2.94 bits per heavy atom. The lowest BCUT2D eigenvalue weighted by molar-refractivity contribution is -0.119. The lowest BCUT2D eigenvalue weighted by Crippen LogP contribution is -2.35. The summed E-state index contributed by atoms with van der Waals surface area (Å²) in [5, 5.41) is 0. The molecule has 1 heterocycles. The van der Waals surface area contributed by atoms with Crippen molar-refractivity contribution in [3.8, 4) is 11.8 Å². The Bertz CT molecular complexity index is 511. The molecule has 0 aromatic heterocycles. The van der Waals surface area contributed by atoms with Gasteiger partial charge in [-0.25, -0.2) is 0 Å². The van der Waals surface area contributed by atoms with Crippen LogP contribution in [0.3, 0.4) is 0 Å². The molecular weight excluding hydrogens is 224 g/mol. The summed E-state index contributed by atoms with van der Waals surface area (Å²) < 4.78 is 0. The average Bonchev–Trinajstić information content (AvgIpc) is 2.39. The predicted octanol–water partition coefficient (Wildman–Crippen LogP) is 1.82. The smallest absolute Gasteiger partial charge is 0.226 e. The average molecular weight is 242 g/mol. The Hall–Kier alpha value is -1.79. The first-order chi connectivity index (χ1) is 8.72. The third-order valence-electron chi connectivity index (χ3n) is 3.18. The maximum atomic E-state index is 11.9. The molecule has 0 atom stereocenters. The van der Waals surface area contributed by atoms with Crippen LogP contribution in [0.2, 0.25) is 0 Å². The molecule has 1 aliphatic heterocycles. The summed E-state index contributed by atoms with van der Waals surface area (Å²) in [6, 6.07) is 5.99. The molecule has 2 N–H and O–H groups in total. The summed E-state index contributed by atoms with van der Waals surface area (Å²) in [6.45, 7) is 3.18. The number of piperidine rings is 1. The van der Waals surface area contributed by atoms with Gasteiger partial charge >= 0.3 is 0 Å². The van der Waals surface area contributed by atoms with Gasteiger partial charge in [-0.1, -0.05) is 17.9 Å². The van der Waals surface area contributed by atoms with E-state index in [1.807, 2.05) is 30.0 Å². The summed E-state index contributed by atoms with van der Waals surface area (Å²) in [5.74, 6) is 6.13. The van der Waals surface area contributed by atoms with Crippen LogP contribution < -0.4 is 10.6 Å². The lowest BCUT2D eigenvalue weighted by Gasteiger charge is -2.27. The largest absolute Gasteiger partial charge is 0.320 e. The fourth-order valence-electron chi connectivity index (χ4n) is 2.14. The fraction of sp³-hybridized carbons (Fsp3) is 0.400. The van der Waals surface area contributed by atoms with E-state index in [0.29, 0.717) is 13.0 Å². The van der Waals surface area contributed by atoms with Gasteiger partial charge in [0.1, 0.15) is 0 Å². The maximum absolute atomic E-state index is 11.9. The third kappa shape index (κ3) is 2.72. The van der Waals surface area contributed by atoms with E-state index in [-0.39, 0.29) is 5.91 Å². The van der Waals surface area contributed by atoms with E-state index in [1.165, 1.54) is 0 Å². The highest BCUT2D eigenvalue weighted by atomic mass is 16.2. The quantitative estimate of drug-likeness (QED) is 0.764. The van der Waals surface area contributed by atoms with Gasteiger partial charge in [0.2, 0.25) is 5.91 Å². The van der Waals surface area contributed by atoms with Crippen LogP contribution in [0.1, 0.15) is 30.4 Å². The van der Waals surface area contributed by atoms with Crippen molar-refractivity contribution in [2.75, 3.05) is 18.0 Å². The number of amides is 1. The van der Waals surface area contributed by atoms with Crippen LogP contribution in [0.25, 0.3) is 0 Å². The molecular formula is C15H18N2O. The highest BCUT2D eigenvalue weighted by Gasteiger charge is 2.19. The molecule has 0 radical (unpaired) electrons. The van der Waals surface area contributed by atoms with Crippen molar-refractivity contribution >= 4 is 11.6 Å². The van der Waals surface area contributed by atoms with Crippen LogP contribution in [0.15, 0.2) is 18.2 Å². The van der Waals surface area contributed by atoms with Crippen LogP contribution in [-0.4, -0.2) is 19.0 Å². The predicted molar refractivity (Wildman–Crippen MR) is 73.3 cm³/mol. The van der Waals surface area contributed by atoms with Gasteiger partial charge in [0, 0.05) is 24.2 Å². The fourth-order valence-corrected chi connectivity index (χ4v) is 2.14. The molecule has 1 aliphatic rings. The van der Waals surface area contributed by atoms with Crippen molar-refractivity contribution in [3.05, 3.63) is 29.3 Å². The van der Waals surface area contributed by atoms with Crippen molar-refractivity contribution in [1.82, 2.24) is 0 Å². The molecule has 18 heavy (non-hydrogen) atoms. The standard InChI is InChI=1S/C15H18N2O/c1-12-7-8-14(11-13(12)5-4-9-16)17-10-3-2-6-15(17)18/h7-8,11H,2-3,6,9-10,16H2,1H3. The molecule has 1 amide bonds. The minimum atomic E-state index is 0.211. The number of nitrogens with zero attached hydrogens (tertiary/aromatic N) is 1. The van der Waals surface area contributed by atoms with Crippen LogP contribution in [-0.2, 0) is 4.79 Å². The van der Waals surface area contributed by atoms with Gasteiger partial charge in [0.15, 0.2) is 0 Å². The van der Waals surface area contributed by atoms with Gasteiger partial charge in [-0.2, -0.15) is 0 Å². The second-order valence-electron chi connectivity index (χ2n) is 4.51. The summed E-state index contributed by atoms with van der Waals surface area (Å²) in [7, 11) is 0. The second-order valence-corrected chi connectivity index (χ2v) is 4.51. The highest BCUT2D eigenvalue weighted by Crippen LogP contribution is 2.23. The van der Waals surface area contributed by atoms with Gasteiger partial charge < -0.3 is 10.6 Å². The number of aryl methyl sites for hydroxylation is 1. The van der Waals surface area contributed by atoms with E-state index in [2.05, 4.69) is 11.8 Å². The molecule has 0 saturated carbocycles. The van der Waals surface area contributed by atoms with Crippen LogP contribution in [0.5, 0.6) is 0 Å². The molecule has 1 saturated heterocycles. The van der Waals surface area contributed by atoms with Gasteiger partial charge in [0.25, 0.3) is 0 Å². The molecule has 3 heteroatoms. The number of rotatable bonds is 1. The second kappa shape index (κ2) is 5.70. The van der Waals surface area contributed by atoms with Gasteiger partial charge in [-0.05, 0) is 37.5 Å². The molecule has 0 unspecified atom stereocenters. The Morgan fingerprint density at radius 1 is 1.39 bits per heavy atom. The number of anilines is 1. The Labute approximate surface area is 108 Å². The number of carbonyl (C=O) groups is 1. The molecule has 0 aliphatic carbocycles. The van der Waals surface area contributed by atoms with Crippen molar-refractivity contribution in [1.29, 1.82) is 0 Å². The molecule has 94 valence electrons. The van der Waals surface area contributed by atoms with Crippen LogP contribution in [0, 0.1) is 18.8 Å². The van der Waals surface area contributed by atoms with Crippen molar-refractivity contribution < 1.29 is 4.79 Å². The minimum Gasteiger partial charge on any atom is -0.320 e. The SMILES string of the molecule is Cc1ccc(N2CCCCC2=O)cc1C#CCN. The molecule has 1 aromatic carbocycles. The minimum absolute atomic E-state index is 0.211. The van der Waals surface area contributed by atoms with Gasteiger partial charge in [-0.15, -0.1) is 0 Å². The molecule has 2 rings (SSSR count). The summed E-state index contributed by atoms with van der Waals surface area (Å²) >= 11 is 0. The van der Waals surface area contributed by atoms with E-state index in [1.54, 1.807) is 0 Å². The molecule has 0 spiro atoms. The zero-order chi connectivity index (χ0) is 13.0. The number of carbonyl (C=O) groups excluding carboxylic acids is 1. The first-order valence-electron chi connectivity index (χ1n) is 6.32. The van der Waals surface area contributed by atoms with Crippen molar-refractivity contribution in [3.63, 3.8) is 0 Å². The normalized spacial score (nSPS) is 15.2. The van der Waals surface area contributed by atoms with Gasteiger partial charge in [-0.3, -0.25) is 4.79 Å². The first kappa shape index (κ1) is 12.7. The Morgan fingerprint density at radius 2 is 2.22 bits per heavy atom. The summed E-state index contributed by atoms with van der Waals surface area (Å²) in [4.78, 5) is 13.7. The van der Waals surface area contributed by atoms with E-state index >= 15 is 0 Å². The van der Waals surface area contributed by atoms with E-state index < -0.39 is 0 Å². The van der Waals surface area contributed by atoms with E-state index in [4.69, 9.17) is 5.73 Å². The number of benzene rings is 1. The zero-order valence-electron chi connectivity index (χ0n) is 10.7. The number of hydrogen-bond acceptors (Lipinski definition) is 2. The van der Waals surface area contributed by atoms with E-state index in [9.17, 15) is 4.79 Å². The number of nitrogens with two attached hydrogens (primary N) is 1. The zero-order valence-corrected chi connectivity index (χ0v) is 10.7. The molecule has 1 fully saturated rings. The number of hydrogen-bond donors (Lipinski definition) is 1. The Balaban J connectivity index is 2.31. The Kier molecular flexibility index (Phi) is 4.01. The maximum Gasteiger partial charge on any atom is 0.226 e. The monoisotopic (exact) mass is 242 g/mol. The lowest BCUT2D eigenvalue weighted by atomic mass is 10.1. The summed E-state index contributed by atoms with van der Waals surface area (Å²) in [5.41, 5.74) is 8.41. The summed E-state index contributed by atoms with van der Waals surface area (Å²) in [6.07, 6.45) is 2.72. The first-order valence-corrected chi connectivity index (χ1v) is 6.32. The van der Waals surface area contributed by atoms with Gasteiger partial charge in [0.05, 0.1) is 6.54 Å². The highest BCUT2D eigenvalue weighted by molar-refractivity contribution is 5.94. The van der Waals surface area contributed by atoms with Crippen molar-refractivity contribution in [2.45, 2.75) is 26.2 Å². The van der Waals surface area contributed by atoms with E-state index in [0.717, 1.165) is 36.2 Å². The van der Waals surface area contributed by atoms with Crippen LogP contribution in [0.4, 0.5) is 5.69 Å². The van der Waals surface area contributed by atoms with Crippen LogP contribution >= 0.6 is 0 Å². The molecule has 1 aromatic rings. The molecule has 0 bridgehead atoms. The van der Waals surface area contributed by atoms with Crippen molar-refractivity contribution in [2.24, 2.45) is 5.73 Å². The molecule has 3 nitrogen and oxygen atoms in total. The third-order valence-corrected chi connectivity index (χ3v) is 3.18.